The molecular formula is C9H16O5. The first-order chi connectivity index (χ1) is 6.50. The molecule has 0 amide bonds. The molecule has 5 heteroatoms. The summed E-state index contributed by atoms with van der Waals surface area (Å²) in [5.74, 6) is -0.828. The Morgan fingerprint density at radius 3 is 2.71 bits per heavy atom. The van der Waals surface area contributed by atoms with Gasteiger partial charge in [-0.2, -0.15) is 0 Å². The summed E-state index contributed by atoms with van der Waals surface area (Å²) in [5, 5.41) is 9.59. The summed E-state index contributed by atoms with van der Waals surface area (Å²) in [4.78, 5) is 10.7. The monoisotopic (exact) mass is 204 g/mol. The number of carbonyl (C=O) groups excluding carboxylic acids is 1. The average Bonchev–Trinajstić information content (AvgIpc) is 2.41. The van der Waals surface area contributed by atoms with E-state index in [0.717, 1.165) is 0 Å². The number of hydrogen-bond donors (Lipinski definition) is 1. The van der Waals surface area contributed by atoms with Crippen molar-refractivity contribution in [2.75, 3.05) is 13.7 Å². The number of methoxy groups -OCH3 is 1. The van der Waals surface area contributed by atoms with Crippen LogP contribution < -0.4 is 0 Å². The lowest BCUT2D eigenvalue weighted by atomic mass is 10.1. The Morgan fingerprint density at radius 1 is 1.57 bits per heavy atom. The number of aldehydes is 1. The van der Waals surface area contributed by atoms with Crippen LogP contribution in [0.25, 0.3) is 0 Å². The number of hydrogen-bond acceptors (Lipinski definition) is 5. The Labute approximate surface area is 82.9 Å². The SMILES string of the molecule is COCC(O)C1OC(C)(C)OC1C=O. The number of ether oxygens (including phenoxy) is 3. The highest BCUT2D eigenvalue weighted by Gasteiger charge is 2.44. The molecule has 1 N–H and O–H groups in total. The van der Waals surface area contributed by atoms with Crippen molar-refractivity contribution < 1.29 is 24.1 Å². The van der Waals surface area contributed by atoms with Crippen LogP contribution in [-0.4, -0.2) is 49.2 Å². The number of rotatable bonds is 4. The molecule has 14 heavy (non-hydrogen) atoms. The molecule has 0 aromatic rings. The molecule has 0 aromatic heterocycles. The van der Waals surface area contributed by atoms with E-state index >= 15 is 0 Å². The van der Waals surface area contributed by atoms with Crippen molar-refractivity contribution in [2.45, 2.75) is 37.9 Å². The van der Waals surface area contributed by atoms with Gasteiger partial charge in [0.1, 0.15) is 18.3 Å². The number of carbonyl (C=O) groups is 1. The predicted molar refractivity (Wildman–Crippen MR) is 47.8 cm³/mol. The minimum Gasteiger partial charge on any atom is -0.388 e. The first kappa shape index (κ1) is 11.6. The van der Waals surface area contributed by atoms with Gasteiger partial charge in [-0.1, -0.05) is 0 Å². The average molecular weight is 204 g/mol. The molecule has 1 aliphatic rings. The molecule has 1 saturated heterocycles. The molecule has 1 heterocycles. The summed E-state index contributed by atoms with van der Waals surface area (Å²) in [6, 6.07) is 0. The molecule has 0 spiro atoms. The molecular weight excluding hydrogens is 188 g/mol. The quantitative estimate of drug-likeness (QED) is 0.638. The van der Waals surface area contributed by atoms with Crippen LogP contribution in [0.2, 0.25) is 0 Å². The Morgan fingerprint density at radius 2 is 2.21 bits per heavy atom. The molecule has 1 fully saturated rings. The van der Waals surface area contributed by atoms with Crippen LogP contribution >= 0.6 is 0 Å². The van der Waals surface area contributed by atoms with Crippen molar-refractivity contribution in [1.29, 1.82) is 0 Å². The molecule has 0 saturated carbocycles. The van der Waals surface area contributed by atoms with Gasteiger partial charge in [0.15, 0.2) is 12.1 Å². The zero-order valence-electron chi connectivity index (χ0n) is 8.60. The molecule has 0 radical (unpaired) electrons. The third-order valence-corrected chi connectivity index (χ3v) is 2.01. The van der Waals surface area contributed by atoms with Crippen LogP contribution in [0.3, 0.4) is 0 Å². The fraction of sp³-hybridized carbons (Fsp3) is 0.889. The van der Waals surface area contributed by atoms with Crippen molar-refractivity contribution in [3.05, 3.63) is 0 Å². The van der Waals surface area contributed by atoms with E-state index in [1.807, 2.05) is 0 Å². The standard InChI is InChI=1S/C9H16O5/c1-9(2)13-7(4-10)8(14-9)6(11)5-12-3/h4,6-8,11H,5H2,1-3H3. The topological polar surface area (TPSA) is 65.0 Å². The lowest BCUT2D eigenvalue weighted by molar-refractivity contribution is -0.159. The lowest BCUT2D eigenvalue weighted by Crippen LogP contribution is -2.38. The van der Waals surface area contributed by atoms with Gasteiger partial charge in [-0.05, 0) is 13.8 Å². The van der Waals surface area contributed by atoms with Crippen molar-refractivity contribution in [3.63, 3.8) is 0 Å². The third-order valence-electron chi connectivity index (χ3n) is 2.01. The summed E-state index contributed by atoms with van der Waals surface area (Å²) in [6.07, 6.45) is -1.59. The maximum atomic E-state index is 10.7. The summed E-state index contributed by atoms with van der Waals surface area (Å²) in [6.45, 7) is 3.51. The van der Waals surface area contributed by atoms with Gasteiger partial charge in [-0.3, -0.25) is 0 Å². The van der Waals surface area contributed by atoms with E-state index in [1.165, 1.54) is 7.11 Å². The molecule has 1 aliphatic heterocycles. The summed E-state index contributed by atoms with van der Waals surface area (Å²) >= 11 is 0. The van der Waals surface area contributed by atoms with Crippen LogP contribution in [0.1, 0.15) is 13.8 Å². The van der Waals surface area contributed by atoms with Crippen LogP contribution in [0.15, 0.2) is 0 Å². The molecule has 0 aromatic carbocycles. The van der Waals surface area contributed by atoms with Gasteiger partial charge < -0.3 is 24.1 Å². The number of aliphatic hydroxyl groups is 1. The van der Waals surface area contributed by atoms with Gasteiger partial charge in [0.05, 0.1) is 6.61 Å². The van der Waals surface area contributed by atoms with Gasteiger partial charge in [0, 0.05) is 7.11 Å². The first-order valence-electron chi connectivity index (χ1n) is 4.48. The molecule has 1 rings (SSSR count). The zero-order chi connectivity index (χ0) is 10.8. The van der Waals surface area contributed by atoms with Gasteiger partial charge >= 0.3 is 0 Å². The van der Waals surface area contributed by atoms with E-state index in [-0.39, 0.29) is 6.61 Å². The summed E-state index contributed by atoms with van der Waals surface area (Å²) in [5.41, 5.74) is 0. The highest BCUT2D eigenvalue weighted by atomic mass is 16.8. The van der Waals surface area contributed by atoms with Crippen LogP contribution in [0.4, 0.5) is 0 Å². The fourth-order valence-electron chi connectivity index (χ4n) is 1.49. The van der Waals surface area contributed by atoms with Gasteiger partial charge in [0.2, 0.25) is 0 Å². The van der Waals surface area contributed by atoms with Crippen molar-refractivity contribution >= 4 is 6.29 Å². The second-order valence-corrected chi connectivity index (χ2v) is 3.72. The Balaban J connectivity index is 2.63. The molecule has 3 unspecified atom stereocenters. The third kappa shape index (κ3) is 2.51. The maximum absolute atomic E-state index is 10.7. The van der Waals surface area contributed by atoms with Crippen LogP contribution in [-0.2, 0) is 19.0 Å². The van der Waals surface area contributed by atoms with E-state index in [2.05, 4.69) is 0 Å². The Hall–Kier alpha value is -0.490. The molecule has 0 bridgehead atoms. The second-order valence-electron chi connectivity index (χ2n) is 3.72. The van der Waals surface area contributed by atoms with Gasteiger partial charge in [0.25, 0.3) is 0 Å². The van der Waals surface area contributed by atoms with Crippen LogP contribution in [0, 0.1) is 0 Å². The highest BCUT2D eigenvalue weighted by Crippen LogP contribution is 2.28. The normalized spacial score (nSPS) is 32.9. The van der Waals surface area contributed by atoms with Gasteiger partial charge in [-0.25, -0.2) is 0 Å². The largest absolute Gasteiger partial charge is 0.388 e. The molecule has 5 nitrogen and oxygen atoms in total. The zero-order valence-corrected chi connectivity index (χ0v) is 8.60. The lowest BCUT2D eigenvalue weighted by Gasteiger charge is -2.20. The minimum absolute atomic E-state index is 0.119. The Kier molecular flexibility index (Phi) is 3.60. The van der Waals surface area contributed by atoms with E-state index < -0.39 is 24.1 Å². The Bertz CT molecular complexity index is 203. The van der Waals surface area contributed by atoms with Crippen LogP contribution in [0.5, 0.6) is 0 Å². The molecule has 0 aliphatic carbocycles. The highest BCUT2D eigenvalue weighted by molar-refractivity contribution is 5.58. The van der Waals surface area contributed by atoms with Crippen molar-refractivity contribution in [3.8, 4) is 0 Å². The van der Waals surface area contributed by atoms with E-state index in [9.17, 15) is 9.90 Å². The second kappa shape index (κ2) is 4.35. The van der Waals surface area contributed by atoms with E-state index in [0.29, 0.717) is 6.29 Å². The molecule has 82 valence electrons. The van der Waals surface area contributed by atoms with E-state index in [1.54, 1.807) is 13.8 Å². The number of aliphatic hydroxyl groups excluding tert-OH is 1. The smallest absolute Gasteiger partial charge is 0.164 e. The summed E-state index contributed by atoms with van der Waals surface area (Å²) < 4.78 is 15.4. The minimum atomic E-state index is -0.850. The maximum Gasteiger partial charge on any atom is 0.164 e. The molecule has 3 atom stereocenters. The van der Waals surface area contributed by atoms with E-state index in [4.69, 9.17) is 14.2 Å². The first-order valence-corrected chi connectivity index (χ1v) is 4.48. The summed E-state index contributed by atoms with van der Waals surface area (Å²) in [7, 11) is 1.47. The van der Waals surface area contributed by atoms with Crippen molar-refractivity contribution in [2.24, 2.45) is 0 Å². The van der Waals surface area contributed by atoms with Crippen molar-refractivity contribution in [1.82, 2.24) is 0 Å². The fourth-order valence-corrected chi connectivity index (χ4v) is 1.49. The van der Waals surface area contributed by atoms with Gasteiger partial charge in [-0.15, -0.1) is 0 Å². The predicted octanol–water partition coefficient (Wildman–Crippen LogP) is -0.287.